The van der Waals surface area contributed by atoms with Gasteiger partial charge in [0.2, 0.25) is 0 Å². The van der Waals surface area contributed by atoms with Gasteiger partial charge in [-0.15, -0.1) is 0 Å². The third-order valence-corrected chi connectivity index (χ3v) is 6.22. The second kappa shape index (κ2) is 10.1. The van der Waals surface area contributed by atoms with Crippen LogP contribution in [0.4, 0.5) is 5.69 Å². The predicted octanol–water partition coefficient (Wildman–Crippen LogP) is 3.53. The number of aromatic nitrogens is 2. The monoisotopic (exact) mass is 461 g/mol. The van der Waals surface area contributed by atoms with E-state index in [2.05, 4.69) is 15.6 Å². The lowest BCUT2D eigenvalue weighted by Gasteiger charge is -2.22. The summed E-state index contributed by atoms with van der Waals surface area (Å²) >= 11 is 0. The second-order valence-corrected chi connectivity index (χ2v) is 8.90. The molecule has 8 nitrogen and oxygen atoms in total. The Morgan fingerprint density at radius 3 is 2.56 bits per heavy atom. The summed E-state index contributed by atoms with van der Waals surface area (Å²) < 4.78 is 7.60. The Morgan fingerprint density at radius 1 is 1.12 bits per heavy atom. The fraction of sp³-hybridized carbons (Fsp3) is 0.346. The molecule has 0 spiro atoms. The maximum atomic E-state index is 13.3. The molecule has 2 heterocycles. The summed E-state index contributed by atoms with van der Waals surface area (Å²) in [7, 11) is 0. The summed E-state index contributed by atoms with van der Waals surface area (Å²) in [5, 5.41) is 6.27. The fourth-order valence-corrected chi connectivity index (χ4v) is 4.31. The van der Waals surface area contributed by atoms with Crippen LogP contribution in [-0.2, 0) is 0 Å². The number of imidazole rings is 1. The van der Waals surface area contributed by atoms with Crippen molar-refractivity contribution in [3.8, 4) is 11.4 Å². The van der Waals surface area contributed by atoms with E-state index in [4.69, 9.17) is 10.5 Å². The van der Waals surface area contributed by atoms with Crippen molar-refractivity contribution in [1.82, 2.24) is 14.9 Å². The van der Waals surface area contributed by atoms with Crippen LogP contribution in [0.1, 0.15) is 50.5 Å². The predicted molar refractivity (Wildman–Crippen MR) is 132 cm³/mol. The number of piperidine rings is 1. The van der Waals surface area contributed by atoms with Crippen molar-refractivity contribution < 1.29 is 14.3 Å². The molecule has 1 fully saturated rings. The second-order valence-electron chi connectivity index (χ2n) is 8.90. The number of carbonyl (C=O) groups excluding carboxylic acids is 2. The number of nitrogens with two attached hydrogens (primary N) is 1. The van der Waals surface area contributed by atoms with Gasteiger partial charge in [0.05, 0.1) is 12.3 Å². The van der Waals surface area contributed by atoms with Crippen LogP contribution in [-0.4, -0.2) is 41.1 Å². The van der Waals surface area contributed by atoms with Gasteiger partial charge in [-0.1, -0.05) is 17.7 Å². The molecule has 1 aliphatic rings. The highest BCUT2D eigenvalue weighted by Gasteiger charge is 2.24. The zero-order valence-corrected chi connectivity index (χ0v) is 19.9. The summed E-state index contributed by atoms with van der Waals surface area (Å²) in [6, 6.07) is 11.4. The minimum atomic E-state index is -0.757. The first-order chi connectivity index (χ1) is 16.3. The Hall–Kier alpha value is -3.65. The SMILES string of the molecule is Cc1ccc(-n2cnc(C(N)=O)c2C(=O)Nc2ccc(OCC3CCNCC3)cc2C)c(C)c1. The Kier molecular flexibility index (Phi) is 6.98. The number of hydrogen-bond acceptors (Lipinski definition) is 5. The van der Waals surface area contributed by atoms with E-state index in [0.29, 0.717) is 18.2 Å². The topological polar surface area (TPSA) is 111 Å². The molecular formula is C26H31N5O3. The maximum Gasteiger partial charge on any atom is 0.275 e. The highest BCUT2D eigenvalue weighted by atomic mass is 16.5. The number of anilines is 1. The zero-order chi connectivity index (χ0) is 24.2. The molecule has 1 saturated heterocycles. The van der Waals surface area contributed by atoms with E-state index in [-0.39, 0.29) is 11.4 Å². The summed E-state index contributed by atoms with van der Waals surface area (Å²) in [5.74, 6) is 0.107. The highest BCUT2D eigenvalue weighted by Crippen LogP contribution is 2.25. The van der Waals surface area contributed by atoms with Crippen molar-refractivity contribution in [3.05, 3.63) is 70.8 Å². The molecule has 34 heavy (non-hydrogen) atoms. The van der Waals surface area contributed by atoms with Crippen molar-refractivity contribution in [1.29, 1.82) is 0 Å². The Balaban J connectivity index is 1.55. The first-order valence-electron chi connectivity index (χ1n) is 11.5. The third kappa shape index (κ3) is 5.12. The molecular weight excluding hydrogens is 430 g/mol. The zero-order valence-electron chi connectivity index (χ0n) is 19.9. The Morgan fingerprint density at radius 2 is 1.88 bits per heavy atom. The first-order valence-corrected chi connectivity index (χ1v) is 11.5. The lowest BCUT2D eigenvalue weighted by Crippen LogP contribution is -2.30. The van der Waals surface area contributed by atoms with Gasteiger partial charge in [0.1, 0.15) is 17.8 Å². The molecule has 2 aromatic carbocycles. The van der Waals surface area contributed by atoms with Gasteiger partial charge in [-0.25, -0.2) is 4.98 Å². The largest absolute Gasteiger partial charge is 0.493 e. The Bertz CT molecular complexity index is 1210. The van der Waals surface area contributed by atoms with Crippen LogP contribution in [0.2, 0.25) is 0 Å². The number of hydrogen-bond donors (Lipinski definition) is 3. The molecule has 0 bridgehead atoms. The average Bonchev–Trinajstić information content (AvgIpc) is 3.25. The fourth-order valence-electron chi connectivity index (χ4n) is 4.31. The van der Waals surface area contributed by atoms with Gasteiger partial charge in [-0.2, -0.15) is 0 Å². The molecule has 3 aromatic rings. The van der Waals surface area contributed by atoms with E-state index in [0.717, 1.165) is 54.1 Å². The van der Waals surface area contributed by atoms with Gasteiger partial charge >= 0.3 is 0 Å². The Labute approximate surface area is 199 Å². The number of benzene rings is 2. The number of primary amides is 1. The number of aryl methyl sites for hydroxylation is 3. The number of ether oxygens (including phenoxy) is 1. The van der Waals surface area contributed by atoms with E-state index in [9.17, 15) is 9.59 Å². The molecule has 4 N–H and O–H groups in total. The molecule has 1 aromatic heterocycles. The van der Waals surface area contributed by atoms with Gasteiger partial charge in [0, 0.05) is 5.69 Å². The van der Waals surface area contributed by atoms with Crippen LogP contribution < -0.4 is 21.1 Å². The summed E-state index contributed by atoms with van der Waals surface area (Å²) in [5.41, 5.74) is 9.85. The number of nitrogens with zero attached hydrogens (tertiary/aromatic N) is 2. The minimum absolute atomic E-state index is 0.0722. The van der Waals surface area contributed by atoms with Crippen molar-refractivity contribution in [2.75, 3.05) is 25.0 Å². The van der Waals surface area contributed by atoms with E-state index in [1.165, 1.54) is 6.33 Å². The van der Waals surface area contributed by atoms with Crippen LogP contribution in [0.15, 0.2) is 42.7 Å². The molecule has 2 amide bonds. The van der Waals surface area contributed by atoms with Gasteiger partial charge in [0.15, 0.2) is 5.69 Å². The van der Waals surface area contributed by atoms with Crippen molar-refractivity contribution >= 4 is 17.5 Å². The number of carbonyl (C=O) groups is 2. The van der Waals surface area contributed by atoms with E-state index >= 15 is 0 Å². The maximum absolute atomic E-state index is 13.3. The van der Waals surface area contributed by atoms with Crippen LogP contribution >= 0.6 is 0 Å². The minimum Gasteiger partial charge on any atom is -0.493 e. The molecule has 178 valence electrons. The molecule has 0 unspecified atom stereocenters. The third-order valence-electron chi connectivity index (χ3n) is 6.22. The van der Waals surface area contributed by atoms with Crippen LogP contribution in [0, 0.1) is 26.7 Å². The van der Waals surface area contributed by atoms with Crippen molar-refractivity contribution in [3.63, 3.8) is 0 Å². The van der Waals surface area contributed by atoms with Crippen LogP contribution in [0.5, 0.6) is 5.75 Å². The number of nitrogens with one attached hydrogen (secondary N) is 2. The molecule has 0 atom stereocenters. The molecule has 0 radical (unpaired) electrons. The van der Waals surface area contributed by atoms with E-state index < -0.39 is 11.8 Å². The van der Waals surface area contributed by atoms with E-state index in [1.54, 1.807) is 4.57 Å². The van der Waals surface area contributed by atoms with E-state index in [1.807, 2.05) is 57.2 Å². The smallest absolute Gasteiger partial charge is 0.275 e. The van der Waals surface area contributed by atoms with Gasteiger partial charge in [-0.3, -0.25) is 14.2 Å². The normalized spacial score (nSPS) is 14.1. The lowest BCUT2D eigenvalue weighted by atomic mass is 9.99. The summed E-state index contributed by atoms with van der Waals surface area (Å²) in [6.45, 7) is 8.59. The lowest BCUT2D eigenvalue weighted by molar-refractivity contribution is 0.0971. The quantitative estimate of drug-likeness (QED) is 0.498. The molecule has 0 aliphatic carbocycles. The molecule has 1 aliphatic heterocycles. The first kappa shape index (κ1) is 23.5. The number of rotatable bonds is 7. The standard InChI is InChI=1S/C26H31N5O3/c1-16-4-7-22(18(3)12-16)31-15-29-23(25(27)32)24(31)26(33)30-21-6-5-20(13-17(21)2)34-14-19-8-10-28-11-9-19/h4-7,12-13,15,19,28H,8-11,14H2,1-3H3,(H2,27,32)(H,30,33). The van der Waals surface area contributed by atoms with Crippen LogP contribution in [0.3, 0.4) is 0 Å². The van der Waals surface area contributed by atoms with Gasteiger partial charge < -0.3 is 21.1 Å². The molecule has 0 saturated carbocycles. The van der Waals surface area contributed by atoms with Gasteiger partial charge in [-0.05, 0) is 88.0 Å². The molecule has 8 heteroatoms. The molecule has 4 rings (SSSR count). The number of amides is 2. The average molecular weight is 462 g/mol. The highest BCUT2D eigenvalue weighted by molar-refractivity contribution is 6.10. The van der Waals surface area contributed by atoms with Crippen molar-refractivity contribution in [2.24, 2.45) is 11.7 Å². The van der Waals surface area contributed by atoms with Gasteiger partial charge in [0.25, 0.3) is 11.8 Å². The summed E-state index contributed by atoms with van der Waals surface area (Å²) in [4.78, 5) is 29.5. The van der Waals surface area contributed by atoms with Crippen LogP contribution in [0.25, 0.3) is 5.69 Å². The summed E-state index contributed by atoms with van der Waals surface area (Å²) in [6.07, 6.45) is 3.68. The van der Waals surface area contributed by atoms with Crippen molar-refractivity contribution in [2.45, 2.75) is 33.6 Å².